The predicted octanol–water partition coefficient (Wildman–Crippen LogP) is 3.13. The van der Waals surface area contributed by atoms with Crippen molar-refractivity contribution in [3.05, 3.63) is 10.2 Å². The fraction of sp³-hybridized carbons (Fsp3) is 0.714. The molecule has 0 radical (unpaired) electrons. The van der Waals surface area contributed by atoms with E-state index in [2.05, 4.69) is 21.0 Å². The Balaban J connectivity index is 2.34. The van der Waals surface area contributed by atoms with E-state index in [9.17, 15) is 4.79 Å². The first kappa shape index (κ1) is 17.8. The highest BCUT2D eigenvalue weighted by molar-refractivity contribution is 9.10. The molecule has 0 aliphatic rings. The Kier molecular flexibility index (Phi) is 6.07. The molecule has 0 atom stereocenters. The van der Waals surface area contributed by atoms with Gasteiger partial charge in [0.05, 0.1) is 12.3 Å². The van der Waals surface area contributed by atoms with Crippen molar-refractivity contribution < 1.29 is 14.3 Å². The summed E-state index contributed by atoms with van der Waals surface area (Å²) in [5, 5.41) is 4.25. The average Bonchev–Trinajstić information content (AvgIpc) is 2.60. The zero-order chi connectivity index (χ0) is 16.2. The molecule has 0 bridgehead atoms. The summed E-state index contributed by atoms with van der Waals surface area (Å²) in [6.45, 7) is 8.56. The quantitative estimate of drug-likeness (QED) is 0.756. The molecule has 1 aromatic rings. The fourth-order valence-corrected chi connectivity index (χ4v) is 2.00. The van der Waals surface area contributed by atoms with Gasteiger partial charge in [-0.2, -0.15) is 0 Å². The molecule has 6 nitrogen and oxygen atoms in total. The second-order valence-electron chi connectivity index (χ2n) is 5.93. The lowest BCUT2D eigenvalue weighted by atomic mass is 10.2. The third kappa shape index (κ3) is 5.57. The zero-order valence-electron chi connectivity index (χ0n) is 13.6. The number of amides is 1. The normalized spacial score (nSPS) is 11.4. The van der Waals surface area contributed by atoms with Crippen LogP contribution in [-0.4, -0.2) is 46.6 Å². The van der Waals surface area contributed by atoms with Crippen LogP contribution in [-0.2, 0) is 11.8 Å². The van der Waals surface area contributed by atoms with Crippen LogP contribution in [0.15, 0.2) is 4.47 Å². The van der Waals surface area contributed by atoms with Crippen molar-refractivity contribution in [2.45, 2.75) is 39.7 Å². The minimum absolute atomic E-state index is 0.322. The van der Waals surface area contributed by atoms with Crippen molar-refractivity contribution in [1.82, 2.24) is 14.7 Å². The van der Waals surface area contributed by atoms with Gasteiger partial charge in [0, 0.05) is 20.6 Å². The first-order valence-corrected chi connectivity index (χ1v) is 7.67. The number of ether oxygens (including phenoxy) is 2. The molecule has 1 aromatic heterocycles. The Morgan fingerprint density at radius 2 is 2.05 bits per heavy atom. The molecule has 0 spiro atoms. The lowest BCUT2D eigenvalue weighted by Gasteiger charge is -2.24. The number of aromatic nitrogens is 2. The summed E-state index contributed by atoms with van der Waals surface area (Å²) in [6, 6.07) is 0. The van der Waals surface area contributed by atoms with E-state index in [0.29, 0.717) is 25.5 Å². The molecule has 0 saturated heterocycles. The number of rotatable bonds is 5. The number of carbonyl (C=O) groups is 1. The van der Waals surface area contributed by atoms with E-state index >= 15 is 0 Å². The van der Waals surface area contributed by atoms with Crippen LogP contribution in [0.5, 0.6) is 5.88 Å². The Labute approximate surface area is 134 Å². The number of carbonyl (C=O) groups excluding carboxylic acids is 1. The summed E-state index contributed by atoms with van der Waals surface area (Å²) < 4.78 is 13.5. The smallest absolute Gasteiger partial charge is 0.410 e. The van der Waals surface area contributed by atoms with Crippen molar-refractivity contribution >= 4 is 22.0 Å². The van der Waals surface area contributed by atoms with Gasteiger partial charge in [-0.05, 0) is 50.0 Å². The van der Waals surface area contributed by atoms with E-state index in [1.807, 2.05) is 34.7 Å². The molecular formula is C14H24BrN3O3. The Bertz CT molecular complexity index is 494. The van der Waals surface area contributed by atoms with Crippen LogP contribution in [0.3, 0.4) is 0 Å². The van der Waals surface area contributed by atoms with Gasteiger partial charge in [0.25, 0.3) is 0 Å². The van der Waals surface area contributed by atoms with Crippen LogP contribution >= 0.6 is 15.9 Å². The van der Waals surface area contributed by atoms with Gasteiger partial charge in [0.15, 0.2) is 0 Å². The zero-order valence-corrected chi connectivity index (χ0v) is 15.2. The van der Waals surface area contributed by atoms with E-state index in [-0.39, 0.29) is 6.09 Å². The average molecular weight is 362 g/mol. The third-order valence-electron chi connectivity index (χ3n) is 2.81. The van der Waals surface area contributed by atoms with Gasteiger partial charge >= 0.3 is 6.09 Å². The second-order valence-corrected chi connectivity index (χ2v) is 6.73. The van der Waals surface area contributed by atoms with Gasteiger partial charge < -0.3 is 14.4 Å². The van der Waals surface area contributed by atoms with Gasteiger partial charge in [-0.1, -0.05) is 0 Å². The molecule has 21 heavy (non-hydrogen) atoms. The van der Waals surface area contributed by atoms with Crippen LogP contribution in [0.2, 0.25) is 0 Å². The van der Waals surface area contributed by atoms with Gasteiger partial charge in [-0.25, -0.2) is 4.79 Å². The van der Waals surface area contributed by atoms with E-state index in [0.717, 1.165) is 10.2 Å². The van der Waals surface area contributed by atoms with Crippen molar-refractivity contribution in [3.63, 3.8) is 0 Å². The molecule has 0 aliphatic heterocycles. The SMILES string of the molecule is Cc1c(Br)c(OCCCN(C)C(=O)OC(C)(C)C)nn1C. The molecular weight excluding hydrogens is 338 g/mol. The predicted molar refractivity (Wildman–Crippen MR) is 84.6 cm³/mol. The maximum atomic E-state index is 11.8. The molecule has 0 N–H and O–H groups in total. The van der Waals surface area contributed by atoms with E-state index in [4.69, 9.17) is 9.47 Å². The summed E-state index contributed by atoms with van der Waals surface area (Å²) in [5.41, 5.74) is 0.536. The highest BCUT2D eigenvalue weighted by Crippen LogP contribution is 2.26. The summed E-state index contributed by atoms with van der Waals surface area (Å²) in [6.07, 6.45) is 0.384. The Morgan fingerprint density at radius 3 is 2.52 bits per heavy atom. The molecule has 7 heteroatoms. The number of hydrogen-bond acceptors (Lipinski definition) is 4. The lowest BCUT2D eigenvalue weighted by molar-refractivity contribution is 0.0292. The van der Waals surface area contributed by atoms with Crippen LogP contribution in [0.25, 0.3) is 0 Å². The maximum Gasteiger partial charge on any atom is 0.410 e. The largest absolute Gasteiger partial charge is 0.476 e. The minimum atomic E-state index is -0.474. The van der Waals surface area contributed by atoms with Crippen molar-refractivity contribution in [2.24, 2.45) is 7.05 Å². The second kappa shape index (κ2) is 7.15. The monoisotopic (exact) mass is 361 g/mol. The fourth-order valence-electron chi connectivity index (χ4n) is 1.55. The number of hydrogen-bond donors (Lipinski definition) is 0. The molecule has 0 fully saturated rings. The van der Waals surface area contributed by atoms with Crippen molar-refractivity contribution in [2.75, 3.05) is 20.2 Å². The van der Waals surface area contributed by atoms with Gasteiger partial charge in [-0.15, -0.1) is 5.10 Å². The molecule has 120 valence electrons. The highest BCUT2D eigenvalue weighted by Gasteiger charge is 2.19. The summed E-state index contributed by atoms with van der Waals surface area (Å²) >= 11 is 3.45. The number of aryl methyl sites for hydroxylation is 1. The van der Waals surface area contributed by atoms with Crippen LogP contribution in [0.1, 0.15) is 32.9 Å². The van der Waals surface area contributed by atoms with Crippen LogP contribution < -0.4 is 4.74 Å². The minimum Gasteiger partial charge on any atom is -0.476 e. The van der Waals surface area contributed by atoms with E-state index < -0.39 is 5.60 Å². The summed E-state index contributed by atoms with van der Waals surface area (Å²) in [4.78, 5) is 13.3. The Hall–Kier alpha value is -1.24. The highest BCUT2D eigenvalue weighted by atomic mass is 79.9. The summed E-state index contributed by atoms with van der Waals surface area (Å²) in [5.74, 6) is 0.579. The standard InChI is InChI=1S/C14H24BrN3O3/c1-10-11(15)12(16-18(10)6)20-9-7-8-17(5)13(19)21-14(2,3)4/h7-9H2,1-6H3. The topological polar surface area (TPSA) is 56.6 Å². The Morgan fingerprint density at radius 1 is 1.43 bits per heavy atom. The number of halogens is 1. The summed E-state index contributed by atoms with van der Waals surface area (Å²) in [7, 11) is 3.58. The number of nitrogens with zero attached hydrogens (tertiary/aromatic N) is 3. The molecule has 1 heterocycles. The van der Waals surface area contributed by atoms with Crippen LogP contribution in [0, 0.1) is 6.92 Å². The maximum absolute atomic E-state index is 11.8. The molecule has 1 amide bonds. The first-order valence-electron chi connectivity index (χ1n) is 6.88. The molecule has 0 aromatic carbocycles. The van der Waals surface area contributed by atoms with Crippen molar-refractivity contribution in [1.29, 1.82) is 0 Å². The lowest BCUT2D eigenvalue weighted by Crippen LogP contribution is -2.35. The molecule has 0 aliphatic carbocycles. The van der Waals surface area contributed by atoms with Gasteiger partial charge in [-0.3, -0.25) is 4.68 Å². The van der Waals surface area contributed by atoms with E-state index in [1.165, 1.54) is 0 Å². The van der Waals surface area contributed by atoms with Crippen LogP contribution in [0.4, 0.5) is 4.79 Å². The first-order chi connectivity index (χ1) is 9.61. The van der Waals surface area contributed by atoms with Gasteiger partial charge in [0.1, 0.15) is 10.1 Å². The van der Waals surface area contributed by atoms with E-state index in [1.54, 1.807) is 16.6 Å². The van der Waals surface area contributed by atoms with Crippen molar-refractivity contribution in [3.8, 4) is 5.88 Å². The molecule has 0 unspecified atom stereocenters. The molecule has 1 rings (SSSR count). The molecule has 0 saturated carbocycles. The third-order valence-corrected chi connectivity index (χ3v) is 3.73. The van der Waals surface area contributed by atoms with Gasteiger partial charge in [0.2, 0.25) is 5.88 Å².